The molecule has 1 aromatic heterocycles. The van der Waals surface area contributed by atoms with E-state index in [4.69, 9.17) is 0 Å². The topological polar surface area (TPSA) is 84.3 Å². The van der Waals surface area contributed by atoms with Gasteiger partial charge in [-0.15, -0.1) is 0 Å². The molecule has 0 radical (unpaired) electrons. The minimum Gasteiger partial charge on any atom is -0.334 e. The maximum atomic E-state index is 13.0. The molecule has 7 heteroatoms. The van der Waals surface area contributed by atoms with Gasteiger partial charge in [0.1, 0.15) is 5.69 Å². The van der Waals surface area contributed by atoms with Crippen LogP contribution in [0.1, 0.15) is 52.7 Å². The van der Waals surface area contributed by atoms with E-state index in [2.05, 4.69) is 10.4 Å². The molecule has 2 aromatic carbocycles. The van der Waals surface area contributed by atoms with Gasteiger partial charge in [0.25, 0.3) is 17.4 Å². The normalized spacial score (nSPS) is 11.6. The summed E-state index contributed by atoms with van der Waals surface area (Å²) in [5, 5.41) is 7.09. The lowest BCUT2D eigenvalue weighted by Gasteiger charge is -2.25. The number of carbonyl (C=O) groups is 2. The van der Waals surface area contributed by atoms with Crippen LogP contribution in [0, 0.1) is 0 Å². The highest BCUT2D eigenvalue weighted by Crippen LogP contribution is 2.23. The minimum atomic E-state index is -0.281. The van der Waals surface area contributed by atoms with E-state index in [1.165, 1.54) is 16.8 Å². The van der Waals surface area contributed by atoms with Gasteiger partial charge in [-0.05, 0) is 49.2 Å². The Morgan fingerprint density at radius 1 is 1.06 bits per heavy atom. The molecule has 0 saturated carbocycles. The van der Waals surface area contributed by atoms with Crippen molar-refractivity contribution in [2.75, 3.05) is 12.4 Å². The highest BCUT2D eigenvalue weighted by Gasteiger charge is 2.21. The maximum absolute atomic E-state index is 13.0. The van der Waals surface area contributed by atoms with Gasteiger partial charge in [-0.1, -0.05) is 37.3 Å². The lowest BCUT2D eigenvalue weighted by Crippen LogP contribution is -2.33. The van der Waals surface area contributed by atoms with Crippen molar-refractivity contribution in [3.05, 3.63) is 93.9 Å². The zero-order valence-electron chi connectivity index (χ0n) is 17.9. The van der Waals surface area contributed by atoms with Crippen molar-refractivity contribution in [1.82, 2.24) is 14.7 Å². The van der Waals surface area contributed by atoms with Gasteiger partial charge in [0.2, 0.25) is 0 Å². The number of anilines is 1. The first kappa shape index (κ1) is 22.0. The van der Waals surface area contributed by atoms with Gasteiger partial charge in [0, 0.05) is 30.9 Å². The Hall–Kier alpha value is -3.74. The van der Waals surface area contributed by atoms with E-state index in [1.807, 2.05) is 50.2 Å². The molecule has 31 heavy (non-hydrogen) atoms. The lowest BCUT2D eigenvalue weighted by molar-refractivity contribution is 0.0733. The number of aryl methyl sites for hydroxylation is 1. The molecule has 7 nitrogen and oxygen atoms in total. The van der Waals surface area contributed by atoms with Crippen LogP contribution in [0.25, 0.3) is 0 Å². The van der Waals surface area contributed by atoms with Crippen LogP contribution in [0.2, 0.25) is 0 Å². The molecule has 2 amide bonds. The lowest BCUT2D eigenvalue weighted by atomic mass is 10.1. The zero-order chi connectivity index (χ0) is 22.4. The third-order valence-electron chi connectivity index (χ3n) is 5.09. The third kappa shape index (κ3) is 5.25. The molecule has 1 N–H and O–H groups in total. The number of hydrogen-bond acceptors (Lipinski definition) is 4. The largest absolute Gasteiger partial charge is 0.334 e. The van der Waals surface area contributed by atoms with Crippen LogP contribution in [0.4, 0.5) is 5.69 Å². The summed E-state index contributed by atoms with van der Waals surface area (Å²) in [6, 6.07) is 18.9. The number of aromatic nitrogens is 2. The molecule has 0 unspecified atom stereocenters. The van der Waals surface area contributed by atoms with Crippen LogP contribution < -0.4 is 10.9 Å². The monoisotopic (exact) mass is 418 g/mol. The number of rotatable bonds is 7. The molecule has 0 bridgehead atoms. The highest BCUT2D eigenvalue weighted by atomic mass is 16.2. The van der Waals surface area contributed by atoms with E-state index < -0.39 is 0 Å². The fourth-order valence-electron chi connectivity index (χ4n) is 3.18. The standard InChI is InChI=1S/C24H26N4O3/c1-4-15-28-22(29)14-13-21(26-28)24(31)27(3)17(2)19-11-8-12-20(16-19)25-23(30)18-9-6-5-7-10-18/h5-14,16-17H,4,15H2,1-3H3,(H,25,30)/t17-/m0/s1. The summed E-state index contributed by atoms with van der Waals surface area (Å²) in [5.74, 6) is -0.478. The van der Waals surface area contributed by atoms with Crippen LogP contribution in [0.5, 0.6) is 0 Å². The molecular formula is C24H26N4O3. The van der Waals surface area contributed by atoms with Gasteiger partial charge in [-0.2, -0.15) is 5.10 Å². The minimum absolute atomic E-state index is 0.197. The number of hydrogen-bond donors (Lipinski definition) is 1. The van der Waals surface area contributed by atoms with Gasteiger partial charge in [-0.3, -0.25) is 14.4 Å². The van der Waals surface area contributed by atoms with Crippen LogP contribution in [-0.4, -0.2) is 33.5 Å². The molecule has 0 saturated heterocycles. The van der Waals surface area contributed by atoms with E-state index in [0.717, 1.165) is 12.0 Å². The van der Waals surface area contributed by atoms with Crippen molar-refractivity contribution < 1.29 is 9.59 Å². The summed E-state index contributed by atoms with van der Waals surface area (Å²) in [7, 11) is 1.69. The molecule has 3 aromatic rings. The summed E-state index contributed by atoms with van der Waals surface area (Å²) < 4.78 is 1.31. The van der Waals surface area contributed by atoms with E-state index in [0.29, 0.717) is 17.8 Å². The van der Waals surface area contributed by atoms with Crippen LogP contribution in [0.3, 0.4) is 0 Å². The second kappa shape index (κ2) is 9.84. The maximum Gasteiger partial charge on any atom is 0.274 e. The Bertz CT molecular complexity index is 1120. The van der Waals surface area contributed by atoms with Crippen LogP contribution in [-0.2, 0) is 6.54 Å². The predicted octanol–water partition coefficient (Wildman–Crippen LogP) is 3.74. The third-order valence-corrected chi connectivity index (χ3v) is 5.09. The van der Waals surface area contributed by atoms with E-state index in [9.17, 15) is 14.4 Å². The average molecular weight is 418 g/mol. The first-order chi connectivity index (χ1) is 14.9. The summed E-state index contributed by atoms with van der Waals surface area (Å²) in [4.78, 5) is 38.8. The van der Waals surface area contributed by atoms with Crippen LogP contribution in [0.15, 0.2) is 71.5 Å². The Kier molecular flexibility index (Phi) is 6.97. The molecule has 1 atom stereocenters. The predicted molar refractivity (Wildman–Crippen MR) is 120 cm³/mol. The SMILES string of the molecule is CCCn1nc(C(=O)N(C)[C@@H](C)c2cccc(NC(=O)c3ccccc3)c2)ccc1=O. The first-order valence-electron chi connectivity index (χ1n) is 10.2. The fourth-order valence-corrected chi connectivity index (χ4v) is 3.18. The van der Waals surface area contributed by atoms with Crippen molar-refractivity contribution >= 4 is 17.5 Å². The Morgan fingerprint density at radius 2 is 1.81 bits per heavy atom. The second-order valence-corrected chi connectivity index (χ2v) is 7.32. The van der Waals surface area contributed by atoms with Crippen LogP contribution >= 0.6 is 0 Å². The number of nitrogens with zero attached hydrogens (tertiary/aromatic N) is 3. The van der Waals surface area contributed by atoms with Gasteiger partial charge in [0.15, 0.2) is 0 Å². The fraction of sp³-hybridized carbons (Fsp3) is 0.250. The van der Waals surface area contributed by atoms with Gasteiger partial charge >= 0.3 is 0 Å². The molecule has 0 fully saturated rings. The second-order valence-electron chi connectivity index (χ2n) is 7.32. The first-order valence-corrected chi connectivity index (χ1v) is 10.2. The summed E-state index contributed by atoms with van der Waals surface area (Å²) >= 11 is 0. The quantitative estimate of drug-likeness (QED) is 0.634. The van der Waals surface area contributed by atoms with Crippen molar-refractivity contribution in [3.63, 3.8) is 0 Å². The number of carbonyl (C=O) groups excluding carboxylic acids is 2. The molecule has 1 heterocycles. The molecule has 3 rings (SSSR count). The van der Waals surface area contributed by atoms with Gasteiger partial charge < -0.3 is 10.2 Å². The van der Waals surface area contributed by atoms with Crippen molar-refractivity contribution in [2.45, 2.75) is 32.9 Å². The highest BCUT2D eigenvalue weighted by molar-refractivity contribution is 6.04. The van der Waals surface area contributed by atoms with Gasteiger partial charge in [0.05, 0.1) is 6.04 Å². The number of amides is 2. The van der Waals surface area contributed by atoms with Gasteiger partial charge in [-0.25, -0.2) is 4.68 Å². The molecule has 0 aliphatic carbocycles. The summed E-state index contributed by atoms with van der Waals surface area (Å²) in [6.07, 6.45) is 0.748. The Labute approximate surface area is 181 Å². The Morgan fingerprint density at radius 3 is 2.52 bits per heavy atom. The molecule has 160 valence electrons. The van der Waals surface area contributed by atoms with E-state index in [-0.39, 0.29) is 29.1 Å². The molecule has 0 spiro atoms. The average Bonchev–Trinajstić information content (AvgIpc) is 2.80. The molecule has 0 aliphatic heterocycles. The molecule has 0 aliphatic rings. The van der Waals surface area contributed by atoms with E-state index >= 15 is 0 Å². The van der Waals surface area contributed by atoms with Crippen molar-refractivity contribution in [3.8, 4) is 0 Å². The summed E-state index contributed by atoms with van der Waals surface area (Å²) in [5.41, 5.74) is 2.07. The smallest absolute Gasteiger partial charge is 0.274 e. The van der Waals surface area contributed by atoms with Crippen molar-refractivity contribution in [2.24, 2.45) is 0 Å². The number of benzene rings is 2. The van der Waals surface area contributed by atoms with E-state index in [1.54, 1.807) is 30.1 Å². The summed E-state index contributed by atoms with van der Waals surface area (Å²) in [6.45, 7) is 4.31. The zero-order valence-corrected chi connectivity index (χ0v) is 17.9. The van der Waals surface area contributed by atoms with Crippen molar-refractivity contribution in [1.29, 1.82) is 0 Å². The number of nitrogens with one attached hydrogen (secondary N) is 1. The Balaban J connectivity index is 1.76. The molecular weight excluding hydrogens is 392 g/mol.